The standard InChI is InChI=1S/C15H20N2O4/c1-16-6-8-17(9-7-16)14(18)11-21-13-5-3-2-4-12(13)10-15(19)20/h2-5H,6-11H2,1H3,(H,19,20). The summed E-state index contributed by atoms with van der Waals surface area (Å²) in [6, 6.07) is 6.91. The zero-order valence-corrected chi connectivity index (χ0v) is 12.1. The smallest absolute Gasteiger partial charge is 0.307 e. The van der Waals surface area contributed by atoms with Gasteiger partial charge in [0.05, 0.1) is 6.42 Å². The van der Waals surface area contributed by atoms with Crippen LogP contribution in [0.5, 0.6) is 5.75 Å². The summed E-state index contributed by atoms with van der Waals surface area (Å²) in [5.74, 6) is -0.521. The van der Waals surface area contributed by atoms with Gasteiger partial charge in [0, 0.05) is 31.7 Å². The Hall–Kier alpha value is -2.08. The van der Waals surface area contributed by atoms with Gasteiger partial charge in [-0.2, -0.15) is 0 Å². The summed E-state index contributed by atoms with van der Waals surface area (Å²) in [6.45, 7) is 3.08. The lowest BCUT2D eigenvalue weighted by Crippen LogP contribution is -2.48. The Labute approximate surface area is 123 Å². The molecule has 0 saturated carbocycles. The molecule has 0 bridgehead atoms. The van der Waals surface area contributed by atoms with E-state index in [4.69, 9.17) is 9.84 Å². The number of piperazine rings is 1. The molecule has 2 rings (SSSR count). The molecular weight excluding hydrogens is 272 g/mol. The van der Waals surface area contributed by atoms with Crippen molar-refractivity contribution in [3.63, 3.8) is 0 Å². The summed E-state index contributed by atoms with van der Waals surface area (Å²) in [7, 11) is 2.03. The van der Waals surface area contributed by atoms with Crippen LogP contribution in [0.1, 0.15) is 5.56 Å². The number of carboxylic acids is 1. The Morgan fingerprint density at radius 3 is 2.52 bits per heavy atom. The average molecular weight is 292 g/mol. The summed E-state index contributed by atoms with van der Waals surface area (Å²) in [5.41, 5.74) is 0.580. The van der Waals surface area contributed by atoms with E-state index < -0.39 is 5.97 Å². The van der Waals surface area contributed by atoms with Gasteiger partial charge in [0.15, 0.2) is 6.61 Å². The van der Waals surface area contributed by atoms with Crippen LogP contribution in [0.15, 0.2) is 24.3 Å². The summed E-state index contributed by atoms with van der Waals surface area (Å²) < 4.78 is 5.51. The van der Waals surface area contributed by atoms with Crippen molar-refractivity contribution in [1.29, 1.82) is 0 Å². The highest BCUT2D eigenvalue weighted by Crippen LogP contribution is 2.18. The number of benzene rings is 1. The highest BCUT2D eigenvalue weighted by molar-refractivity contribution is 5.78. The second kappa shape index (κ2) is 7.08. The van der Waals surface area contributed by atoms with Crippen molar-refractivity contribution in [2.75, 3.05) is 39.8 Å². The van der Waals surface area contributed by atoms with Crippen molar-refractivity contribution in [2.24, 2.45) is 0 Å². The SMILES string of the molecule is CN1CCN(C(=O)COc2ccccc2CC(=O)O)CC1. The molecule has 1 aliphatic rings. The van der Waals surface area contributed by atoms with Gasteiger partial charge in [-0.25, -0.2) is 0 Å². The van der Waals surface area contributed by atoms with Gasteiger partial charge < -0.3 is 19.6 Å². The topological polar surface area (TPSA) is 70.1 Å². The fourth-order valence-electron chi connectivity index (χ4n) is 2.24. The predicted molar refractivity (Wildman–Crippen MR) is 77.4 cm³/mol. The Kier molecular flexibility index (Phi) is 5.16. The molecule has 0 radical (unpaired) electrons. The second-order valence-electron chi connectivity index (χ2n) is 5.15. The van der Waals surface area contributed by atoms with Crippen LogP contribution in [0, 0.1) is 0 Å². The van der Waals surface area contributed by atoms with Gasteiger partial charge in [-0.15, -0.1) is 0 Å². The van der Waals surface area contributed by atoms with E-state index in [0.717, 1.165) is 13.1 Å². The first-order valence-corrected chi connectivity index (χ1v) is 6.95. The van der Waals surface area contributed by atoms with Crippen LogP contribution in [0.2, 0.25) is 0 Å². The minimum Gasteiger partial charge on any atom is -0.483 e. The monoisotopic (exact) mass is 292 g/mol. The molecule has 1 saturated heterocycles. The number of nitrogens with zero attached hydrogens (tertiary/aromatic N) is 2. The molecule has 0 aliphatic carbocycles. The number of carboxylic acid groups (broad SMARTS) is 1. The van der Waals surface area contributed by atoms with E-state index in [1.54, 1.807) is 29.2 Å². The van der Waals surface area contributed by atoms with Gasteiger partial charge in [0.25, 0.3) is 5.91 Å². The maximum Gasteiger partial charge on any atom is 0.307 e. The second-order valence-corrected chi connectivity index (χ2v) is 5.15. The van der Waals surface area contributed by atoms with Crippen LogP contribution in [0.25, 0.3) is 0 Å². The molecule has 1 amide bonds. The van der Waals surface area contributed by atoms with Crippen molar-refractivity contribution >= 4 is 11.9 Å². The van der Waals surface area contributed by atoms with Gasteiger partial charge in [-0.05, 0) is 13.1 Å². The Morgan fingerprint density at radius 1 is 1.19 bits per heavy atom. The number of likely N-dealkylation sites (N-methyl/N-ethyl adjacent to an activating group) is 1. The summed E-state index contributed by atoms with van der Waals surface area (Å²) in [5, 5.41) is 8.86. The number of para-hydroxylation sites is 1. The van der Waals surface area contributed by atoms with Crippen LogP contribution in [-0.4, -0.2) is 66.6 Å². The van der Waals surface area contributed by atoms with Crippen LogP contribution in [0.4, 0.5) is 0 Å². The van der Waals surface area contributed by atoms with E-state index in [0.29, 0.717) is 24.4 Å². The number of amides is 1. The van der Waals surface area contributed by atoms with E-state index >= 15 is 0 Å². The Bertz CT molecular complexity index is 510. The Balaban J connectivity index is 1.90. The minimum absolute atomic E-state index is 0.0552. The number of hydrogen-bond acceptors (Lipinski definition) is 4. The third kappa shape index (κ3) is 4.46. The first-order chi connectivity index (χ1) is 10.1. The van der Waals surface area contributed by atoms with Crippen LogP contribution in [0.3, 0.4) is 0 Å². The normalized spacial score (nSPS) is 15.8. The fourth-order valence-corrected chi connectivity index (χ4v) is 2.24. The molecule has 0 aromatic heterocycles. The van der Waals surface area contributed by atoms with E-state index in [9.17, 15) is 9.59 Å². The van der Waals surface area contributed by atoms with Crippen molar-refractivity contribution in [2.45, 2.75) is 6.42 Å². The molecule has 0 atom stereocenters. The summed E-state index contributed by atoms with van der Waals surface area (Å²) in [6.07, 6.45) is -0.112. The molecule has 1 heterocycles. The molecule has 6 nitrogen and oxygen atoms in total. The highest BCUT2D eigenvalue weighted by Gasteiger charge is 2.19. The van der Waals surface area contributed by atoms with E-state index in [-0.39, 0.29) is 18.9 Å². The molecular formula is C15H20N2O4. The van der Waals surface area contributed by atoms with Crippen molar-refractivity contribution < 1.29 is 19.4 Å². The molecule has 1 aromatic rings. The molecule has 21 heavy (non-hydrogen) atoms. The van der Waals surface area contributed by atoms with Crippen molar-refractivity contribution in [3.8, 4) is 5.75 Å². The lowest BCUT2D eigenvalue weighted by atomic mass is 10.1. The first-order valence-electron chi connectivity index (χ1n) is 6.95. The van der Waals surface area contributed by atoms with Gasteiger partial charge >= 0.3 is 5.97 Å². The quantitative estimate of drug-likeness (QED) is 0.854. The number of aliphatic carboxylic acids is 1. The van der Waals surface area contributed by atoms with Crippen molar-refractivity contribution in [3.05, 3.63) is 29.8 Å². The average Bonchev–Trinajstić information content (AvgIpc) is 2.46. The molecule has 1 N–H and O–H groups in total. The van der Waals surface area contributed by atoms with E-state index in [1.807, 2.05) is 7.05 Å². The number of rotatable bonds is 5. The summed E-state index contributed by atoms with van der Waals surface area (Å²) >= 11 is 0. The molecule has 6 heteroatoms. The lowest BCUT2D eigenvalue weighted by molar-refractivity contribution is -0.136. The fraction of sp³-hybridized carbons (Fsp3) is 0.467. The van der Waals surface area contributed by atoms with Crippen LogP contribution in [-0.2, 0) is 16.0 Å². The molecule has 1 fully saturated rings. The predicted octanol–water partition coefficient (Wildman–Crippen LogP) is 0.466. The largest absolute Gasteiger partial charge is 0.483 e. The third-order valence-corrected chi connectivity index (χ3v) is 3.52. The minimum atomic E-state index is -0.920. The number of ether oxygens (including phenoxy) is 1. The van der Waals surface area contributed by atoms with Crippen LogP contribution < -0.4 is 4.74 Å². The Morgan fingerprint density at radius 2 is 1.86 bits per heavy atom. The van der Waals surface area contributed by atoms with Gasteiger partial charge in [0.1, 0.15) is 5.75 Å². The number of carbonyl (C=O) groups excluding carboxylic acids is 1. The zero-order valence-electron chi connectivity index (χ0n) is 12.1. The van der Waals surface area contributed by atoms with Gasteiger partial charge in [0.2, 0.25) is 0 Å². The number of carbonyl (C=O) groups is 2. The molecule has 114 valence electrons. The highest BCUT2D eigenvalue weighted by atomic mass is 16.5. The number of hydrogen-bond donors (Lipinski definition) is 1. The maximum absolute atomic E-state index is 12.1. The molecule has 0 unspecified atom stereocenters. The zero-order chi connectivity index (χ0) is 15.2. The van der Waals surface area contributed by atoms with Crippen LogP contribution >= 0.6 is 0 Å². The summed E-state index contributed by atoms with van der Waals surface area (Å²) in [4.78, 5) is 26.8. The maximum atomic E-state index is 12.1. The van der Waals surface area contributed by atoms with E-state index in [1.165, 1.54) is 0 Å². The third-order valence-electron chi connectivity index (χ3n) is 3.52. The molecule has 1 aromatic carbocycles. The van der Waals surface area contributed by atoms with Gasteiger partial charge in [-0.1, -0.05) is 18.2 Å². The molecule has 1 aliphatic heterocycles. The lowest BCUT2D eigenvalue weighted by Gasteiger charge is -2.32. The molecule has 0 spiro atoms. The van der Waals surface area contributed by atoms with Crippen molar-refractivity contribution in [1.82, 2.24) is 9.80 Å². The van der Waals surface area contributed by atoms with Gasteiger partial charge in [-0.3, -0.25) is 9.59 Å². The first kappa shape index (κ1) is 15.3. The van der Waals surface area contributed by atoms with E-state index in [2.05, 4.69) is 4.90 Å².